The van der Waals surface area contributed by atoms with E-state index in [-0.39, 0.29) is 5.41 Å². The molecule has 3 saturated heterocycles. The molecule has 0 radical (unpaired) electrons. The Morgan fingerprint density at radius 1 is 0.905 bits per heavy atom. The van der Waals surface area contributed by atoms with Crippen molar-refractivity contribution in [2.45, 2.75) is 64.3 Å². The van der Waals surface area contributed by atoms with Gasteiger partial charge in [-0.2, -0.15) is 37.7 Å². The largest absolute Gasteiger partial charge is 0.490 e. The number of rotatable bonds is 4. The number of thiophene rings is 1. The van der Waals surface area contributed by atoms with Gasteiger partial charge in [0.25, 0.3) is 0 Å². The molecule has 1 aromatic heterocycles. The first-order valence-electron chi connectivity index (χ1n) is 13.9. The Balaban J connectivity index is 0.000000289. The van der Waals surface area contributed by atoms with Crippen LogP contribution in [-0.2, 0) is 20.9 Å². The smallest absolute Gasteiger partial charge is 0.475 e. The van der Waals surface area contributed by atoms with E-state index in [9.17, 15) is 31.1 Å². The molecule has 2 atom stereocenters. The molecule has 15 heteroatoms. The number of nitrogens with zero attached hydrogens (tertiary/aromatic N) is 3. The van der Waals surface area contributed by atoms with Crippen LogP contribution in [0.15, 0.2) is 16.8 Å². The molecule has 0 unspecified atom stereocenters. The maximum atomic E-state index is 13.7. The summed E-state index contributed by atoms with van der Waals surface area (Å²) in [7, 11) is 0. The Hall–Kier alpha value is -2.39. The van der Waals surface area contributed by atoms with Gasteiger partial charge in [-0.3, -0.25) is 9.69 Å². The van der Waals surface area contributed by atoms with E-state index in [4.69, 9.17) is 19.8 Å². The van der Waals surface area contributed by atoms with Crippen LogP contribution in [0.4, 0.5) is 26.3 Å². The van der Waals surface area contributed by atoms with Crippen LogP contribution in [0, 0.1) is 16.7 Å². The summed E-state index contributed by atoms with van der Waals surface area (Å²) in [6, 6.07) is 2.26. The van der Waals surface area contributed by atoms with Crippen molar-refractivity contribution in [3.05, 3.63) is 22.4 Å². The fourth-order valence-corrected chi connectivity index (χ4v) is 7.54. The zero-order chi connectivity index (χ0) is 31.3. The zero-order valence-corrected chi connectivity index (χ0v) is 24.2. The van der Waals surface area contributed by atoms with Crippen LogP contribution in [0.3, 0.4) is 0 Å². The third-order valence-electron chi connectivity index (χ3n) is 9.01. The predicted molar refractivity (Wildman–Crippen MR) is 142 cm³/mol. The monoisotopic (exact) mass is 629 g/mol. The molecule has 0 bridgehead atoms. The number of fused-ring (bicyclic) bond motifs is 2. The first-order valence-corrected chi connectivity index (χ1v) is 14.8. The molecule has 0 aromatic carbocycles. The van der Waals surface area contributed by atoms with Crippen molar-refractivity contribution in [3.8, 4) is 0 Å². The van der Waals surface area contributed by atoms with Gasteiger partial charge in [-0.25, -0.2) is 9.59 Å². The minimum atomic E-state index is -5.08. The molecule has 1 aromatic rings. The lowest BCUT2D eigenvalue weighted by Gasteiger charge is -2.45. The molecule has 1 spiro atoms. The van der Waals surface area contributed by atoms with Crippen LogP contribution < -0.4 is 0 Å². The average molecular weight is 630 g/mol. The molecule has 42 heavy (non-hydrogen) atoms. The molecule has 2 N–H and O–H groups in total. The summed E-state index contributed by atoms with van der Waals surface area (Å²) >= 11 is 1.80. The van der Waals surface area contributed by atoms with Crippen molar-refractivity contribution in [1.82, 2.24) is 14.7 Å². The van der Waals surface area contributed by atoms with Crippen LogP contribution in [0.1, 0.15) is 51.0 Å². The Bertz CT molecular complexity index is 1050. The van der Waals surface area contributed by atoms with Crippen molar-refractivity contribution in [2.24, 2.45) is 16.7 Å². The summed E-state index contributed by atoms with van der Waals surface area (Å²) in [6.07, 6.45) is -2.78. The van der Waals surface area contributed by atoms with E-state index < -0.39 is 24.3 Å². The summed E-state index contributed by atoms with van der Waals surface area (Å²) in [5.41, 5.74) is 1.80. The minimum absolute atomic E-state index is 0.0735. The molecule has 4 fully saturated rings. The van der Waals surface area contributed by atoms with E-state index in [0.29, 0.717) is 17.2 Å². The second kappa shape index (κ2) is 13.5. The highest BCUT2D eigenvalue weighted by Gasteiger charge is 2.64. The van der Waals surface area contributed by atoms with Gasteiger partial charge >= 0.3 is 24.3 Å². The third-order valence-corrected chi connectivity index (χ3v) is 9.74. The maximum absolute atomic E-state index is 13.7. The van der Waals surface area contributed by atoms with E-state index in [2.05, 4.69) is 38.4 Å². The second-order valence-corrected chi connectivity index (χ2v) is 12.2. The fourth-order valence-electron chi connectivity index (χ4n) is 6.88. The Morgan fingerprint density at radius 2 is 1.45 bits per heavy atom. The molecule has 1 amide bonds. The van der Waals surface area contributed by atoms with Crippen LogP contribution in [0.2, 0.25) is 0 Å². The summed E-state index contributed by atoms with van der Waals surface area (Å²) in [6.45, 7) is 11.0. The summed E-state index contributed by atoms with van der Waals surface area (Å²) < 4.78 is 63.5. The number of piperidine rings is 1. The number of carboxylic acids is 2. The fraction of sp³-hybridized carbons (Fsp3) is 0.741. The van der Waals surface area contributed by atoms with E-state index in [1.807, 2.05) is 0 Å². The van der Waals surface area contributed by atoms with Gasteiger partial charge in [0.15, 0.2) is 0 Å². The van der Waals surface area contributed by atoms with Crippen LogP contribution in [-0.4, -0.2) is 101 Å². The predicted octanol–water partition coefficient (Wildman–Crippen LogP) is 4.95. The quantitative estimate of drug-likeness (QED) is 0.455. The number of carbonyl (C=O) groups excluding carboxylic acids is 1. The normalized spacial score (nSPS) is 25.8. The van der Waals surface area contributed by atoms with E-state index in [1.165, 1.54) is 50.8 Å². The van der Waals surface area contributed by atoms with E-state index in [1.54, 1.807) is 11.3 Å². The number of carbonyl (C=O) groups is 3. The van der Waals surface area contributed by atoms with Gasteiger partial charge < -0.3 is 20.0 Å². The lowest BCUT2D eigenvalue weighted by molar-refractivity contribution is -0.193. The number of likely N-dealkylation sites (tertiary alicyclic amines) is 3. The number of halogens is 6. The van der Waals surface area contributed by atoms with Gasteiger partial charge in [0.2, 0.25) is 5.91 Å². The number of carboxylic acid groups (broad SMARTS) is 2. The number of alkyl halides is 6. The summed E-state index contributed by atoms with van der Waals surface area (Å²) in [5, 5.41) is 18.7. The number of hydrogen-bond donors (Lipinski definition) is 2. The maximum Gasteiger partial charge on any atom is 0.490 e. The molecule has 3 aliphatic heterocycles. The topological polar surface area (TPSA) is 101 Å². The van der Waals surface area contributed by atoms with Crippen LogP contribution >= 0.6 is 11.3 Å². The molecule has 1 aliphatic carbocycles. The first-order chi connectivity index (χ1) is 19.5. The molecular formula is C27H37F6N3O5S. The van der Waals surface area contributed by atoms with Gasteiger partial charge in [-0.1, -0.05) is 6.92 Å². The van der Waals surface area contributed by atoms with Crippen molar-refractivity contribution < 1.29 is 50.9 Å². The first kappa shape index (κ1) is 34.1. The third kappa shape index (κ3) is 7.95. The second-order valence-electron chi connectivity index (χ2n) is 11.4. The SMILES string of the molecule is CCN1C[C@H]2C3(CCN(Cc4ccsc4)CC3)CC[C@@]2(C(=O)N2CCCC2)C1.O=C(O)C(F)(F)F.O=C(O)C(F)(F)F. The van der Waals surface area contributed by atoms with Crippen molar-refractivity contribution in [2.75, 3.05) is 45.8 Å². The Morgan fingerprint density at radius 3 is 1.90 bits per heavy atom. The van der Waals surface area contributed by atoms with Gasteiger partial charge in [-0.05, 0) is 91.9 Å². The molecule has 8 nitrogen and oxygen atoms in total. The van der Waals surface area contributed by atoms with Gasteiger partial charge in [-0.15, -0.1) is 0 Å². The van der Waals surface area contributed by atoms with Gasteiger partial charge in [0.05, 0.1) is 5.41 Å². The average Bonchev–Trinajstić information content (AvgIpc) is 3.72. The molecular weight excluding hydrogens is 592 g/mol. The molecule has 1 saturated carbocycles. The van der Waals surface area contributed by atoms with Crippen LogP contribution in [0.25, 0.3) is 0 Å². The van der Waals surface area contributed by atoms with Crippen molar-refractivity contribution >= 4 is 29.2 Å². The molecule has 5 rings (SSSR count). The Labute approximate surface area is 244 Å². The van der Waals surface area contributed by atoms with E-state index >= 15 is 0 Å². The molecule has 4 aliphatic rings. The highest BCUT2D eigenvalue weighted by atomic mass is 32.1. The van der Waals surface area contributed by atoms with Crippen LogP contribution in [0.5, 0.6) is 0 Å². The van der Waals surface area contributed by atoms with Gasteiger partial charge in [0.1, 0.15) is 0 Å². The molecule has 238 valence electrons. The highest BCUT2D eigenvalue weighted by molar-refractivity contribution is 7.07. The lowest BCUT2D eigenvalue weighted by Crippen LogP contribution is -2.49. The van der Waals surface area contributed by atoms with Crippen molar-refractivity contribution in [1.29, 1.82) is 0 Å². The minimum Gasteiger partial charge on any atom is -0.475 e. The van der Waals surface area contributed by atoms with E-state index in [0.717, 1.165) is 45.7 Å². The Kier molecular flexibility index (Phi) is 11.0. The number of aliphatic carboxylic acids is 2. The number of hydrogen-bond acceptors (Lipinski definition) is 6. The lowest BCUT2D eigenvalue weighted by atomic mass is 9.65. The van der Waals surface area contributed by atoms with Gasteiger partial charge in [0, 0.05) is 32.7 Å². The van der Waals surface area contributed by atoms with Crippen molar-refractivity contribution in [3.63, 3.8) is 0 Å². The zero-order valence-electron chi connectivity index (χ0n) is 23.3. The summed E-state index contributed by atoms with van der Waals surface area (Å²) in [5.74, 6) is -4.42. The molecule has 4 heterocycles. The number of amides is 1. The summed E-state index contributed by atoms with van der Waals surface area (Å²) in [4.78, 5) is 38.9. The highest BCUT2D eigenvalue weighted by Crippen LogP contribution is 2.62. The standard InChI is InChI=1S/C23H35N3OS.2C2HF3O2/c1-2-24-16-20-22(8-12-25(13-9-22)15-19-5-14-28-17-19)6-7-23(20,18-24)21(27)26-10-3-4-11-26;2*3-2(4,5)1(6)7/h5,14,17,20H,2-4,6-13,15-16,18H2,1H3;2*(H,6,7)/t20-,23+;;/m0../s1.